The number of hydrogen-bond donors (Lipinski definition) is 1. The maximum absolute atomic E-state index is 12.3. The number of amides is 2. The molecule has 0 spiro atoms. The summed E-state index contributed by atoms with van der Waals surface area (Å²) in [6.45, 7) is 0.286. The summed E-state index contributed by atoms with van der Waals surface area (Å²) in [6.07, 6.45) is 2.99. The van der Waals surface area contributed by atoms with Gasteiger partial charge >= 0.3 is 5.97 Å². The molecule has 2 aromatic rings. The van der Waals surface area contributed by atoms with Crippen LogP contribution in [0.2, 0.25) is 0 Å². The van der Waals surface area contributed by atoms with Crippen molar-refractivity contribution >= 4 is 35.2 Å². The summed E-state index contributed by atoms with van der Waals surface area (Å²) in [6, 6.07) is 14.4. The smallest absolute Gasteiger partial charge is 0.338 e. The van der Waals surface area contributed by atoms with Crippen LogP contribution in [0.15, 0.2) is 54.1 Å². The third-order valence-corrected chi connectivity index (χ3v) is 4.77. The van der Waals surface area contributed by atoms with Gasteiger partial charge in [0.05, 0.1) is 16.9 Å². The van der Waals surface area contributed by atoms with Crippen LogP contribution in [0, 0.1) is 0 Å². The lowest BCUT2D eigenvalue weighted by Gasteiger charge is -2.20. The van der Waals surface area contributed by atoms with Crippen molar-refractivity contribution in [2.24, 2.45) is 0 Å². The van der Waals surface area contributed by atoms with Crippen molar-refractivity contribution in [2.45, 2.75) is 12.8 Å². The lowest BCUT2D eigenvalue weighted by Crippen LogP contribution is -2.27. The van der Waals surface area contributed by atoms with E-state index < -0.39 is 18.5 Å². The number of hydrogen-bond acceptors (Lipinski definition) is 5. The van der Waals surface area contributed by atoms with Gasteiger partial charge in [-0.2, -0.15) is 0 Å². The van der Waals surface area contributed by atoms with E-state index in [1.807, 2.05) is 30.3 Å². The molecule has 0 atom stereocenters. The zero-order valence-electron chi connectivity index (χ0n) is 15.7. The molecule has 2 aliphatic heterocycles. The molecule has 0 aliphatic carbocycles. The Hall–Kier alpha value is -3.61. The predicted molar refractivity (Wildman–Crippen MR) is 108 cm³/mol. The number of anilines is 2. The average molecular weight is 392 g/mol. The summed E-state index contributed by atoms with van der Waals surface area (Å²) in [5.74, 6) is -0.342. The number of carbonyl (C=O) groups is 3. The Balaban J connectivity index is 1.37. The number of esters is 1. The van der Waals surface area contributed by atoms with E-state index in [1.165, 1.54) is 0 Å². The molecule has 1 fully saturated rings. The summed E-state index contributed by atoms with van der Waals surface area (Å²) < 4.78 is 10.7. The fourth-order valence-electron chi connectivity index (χ4n) is 3.36. The molecular formula is C22H20N2O5. The molecule has 1 N–H and O–H groups in total. The molecule has 7 heteroatoms. The van der Waals surface area contributed by atoms with Crippen LogP contribution in [0.3, 0.4) is 0 Å². The van der Waals surface area contributed by atoms with Gasteiger partial charge in [-0.05, 0) is 30.7 Å². The highest BCUT2D eigenvalue weighted by atomic mass is 16.5. The normalized spacial score (nSPS) is 15.2. The second-order valence-electron chi connectivity index (χ2n) is 6.79. The van der Waals surface area contributed by atoms with Crippen molar-refractivity contribution in [3.63, 3.8) is 0 Å². The summed E-state index contributed by atoms with van der Waals surface area (Å²) in [5, 5.41) is 2.72. The molecule has 2 aromatic carbocycles. The van der Waals surface area contributed by atoms with Crippen LogP contribution in [0.25, 0.3) is 6.08 Å². The van der Waals surface area contributed by atoms with Gasteiger partial charge in [-0.1, -0.05) is 30.3 Å². The first kappa shape index (κ1) is 18.7. The molecule has 7 nitrogen and oxygen atoms in total. The average Bonchev–Trinajstić information content (AvgIpc) is 3.17. The van der Waals surface area contributed by atoms with Gasteiger partial charge in [0, 0.05) is 18.5 Å². The minimum absolute atomic E-state index is 0.0302. The highest BCUT2D eigenvalue weighted by Gasteiger charge is 2.24. The number of fused-ring (bicyclic) bond motifs is 1. The fraction of sp³-hybridized carbons (Fsp3) is 0.227. The van der Waals surface area contributed by atoms with Gasteiger partial charge in [0.2, 0.25) is 5.91 Å². The second kappa shape index (κ2) is 8.18. The summed E-state index contributed by atoms with van der Waals surface area (Å²) in [4.78, 5) is 38.3. The van der Waals surface area contributed by atoms with Crippen molar-refractivity contribution < 1.29 is 23.9 Å². The minimum Gasteiger partial charge on any atom is -0.488 e. The van der Waals surface area contributed by atoms with Gasteiger partial charge in [-0.25, -0.2) is 4.79 Å². The molecule has 148 valence electrons. The number of nitrogens with one attached hydrogen (secondary N) is 1. The van der Waals surface area contributed by atoms with E-state index in [0.29, 0.717) is 35.7 Å². The first-order valence-electron chi connectivity index (χ1n) is 9.40. The topological polar surface area (TPSA) is 84.9 Å². The highest BCUT2D eigenvalue weighted by Crippen LogP contribution is 2.29. The second-order valence-corrected chi connectivity index (χ2v) is 6.79. The molecule has 0 aromatic heterocycles. The van der Waals surface area contributed by atoms with Gasteiger partial charge in [0.1, 0.15) is 12.4 Å². The van der Waals surface area contributed by atoms with Gasteiger partial charge in [-0.15, -0.1) is 0 Å². The molecule has 4 rings (SSSR count). The predicted octanol–water partition coefficient (Wildman–Crippen LogP) is 2.77. The van der Waals surface area contributed by atoms with Crippen molar-refractivity contribution in [3.8, 4) is 5.75 Å². The van der Waals surface area contributed by atoms with Gasteiger partial charge in [0.25, 0.3) is 5.91 Å². The number of carbonyl (C=O) groups excluding carboxylic acids is 3. The Morgan fingerprint density at radius 3 is 2.72 bits per heavy atom. The minimum atomic E-state index is -0.599. The molecular weight excluding hydrogens is 372 g/mol. The van der Waals surface area contributed by atoms with E-state index in [9.17, 15) is 14.4 Å². The van der Waals surface area contributed by atoms with Crippen LogP contribution >= 0.6 is 0 Å². The van der Waals surface area contributed by atoms with Crippen molar-refractivity contribution in [3.05, 3.63) is 59.7 Å². The Kier molecular flexibility index (Phi) is 5.29. The lowest BCUT2D eigenvalue weighted by atomic mass is 10.1. The first-order valence-corrected chi connectivity index (χ1v) is 9.40. The molecule has 0 unspecified atom stereocenters. The summed E-state index contributed by atoms with van der Waals surface area (Å²) in [5.41, 5.74) is 2.30. The zero-order valence-corrected chi connectivity index (χ0v) is 15.7. The molecule has 2 amide bonds. The highest BCUT2D eigenvalue weighted by molar-refractivity contribution is 6.03. The third-order valence-electron chi connectivity index (χ3n) is 4.77. The largest absolute Gasteiger partial charge is 0.488 e. The monoisotopic (exact) mass is 392 g/mol. The van der Waals surface area contributed by atoms with E-state index in [1.54, 1.807) is 29.2 Å². The maximum atomic E-state index is 12.3. The molecule has 0 bridgehead atoms. The van der Waals surface area contributed by atoms with Gasteiger partial charge < -0.3 is 19.7 Å². The molecule has 0 radical (unpaired) electrons. The van der Waals surface area contributed by atoms with Crippen LogP contribution in [-0.4, -0.2) is 37.5 Å². The van der Waals surface area contributed by atoms with Crippen LogP contribution in [0.5, 0.6) is 5.75 Å². The Morgan fingerprint density at radius 2 is 1.90 bits per heavy atom. The fourth-order valence-corrected chi connectivity index (χ4v) is 3.36. The van der Waals surface area contributed by atoms with Crippen LogP contribution in [-0.2, 0) is 19.1 Å². The third kappa shape index (κ3) is 4.13. The maximum Gasteiger partial charge on any atom is 0.338 e. The number of para-hydroxylation sites is 3. The number of rotatable bonds is 5. The lowest BCUT2D eigenvalue weighted by molar-refractivity contribution is -0.143. The van der Waals surface area contributed by atoms with Crippen molar-refractivity contribution in [1.29, 1.82) is 0 Å². The number of ether oxygens (including phenoxy) is 2. The van der Waals surface area contributed by atoms with E-state index in [-0.39, 0.29) is 12.5 Å². The summed E-state index contributed by atoms with van der Waals surface area (Å²) in [7, 11) is 0. The Morgan fingerprint density at radius 1 is 1.10 bits per heavy atom. The molecule has 1 saturated heterocycles. The number of benzene rings is 2. The molecule has 2 aliphatic rings. The van der Waals surface area contributed by atoms with E-state index in [4.69, 9.17) is 9.47 Å². The Bertz CT molecular complexity index is 998. The van der Waals surface area contributed by atoms with Gasteiger partial charge in [-0.3, -0.25) is 9.59 Å². The number of nitrogens with zero attached hydrogens (tertiary/aromatic N) is 1. The molecule has 0 saturated carbocycles. The van der Waals surface area contributed by atoms with Crippen LogP contribution in [0.4, 0.5) is 11.4 Å². The van der Waals surface area contributed by atoms with Crippen LogP contribution < -0.4 is 15.0 Å². The SMILES string of the molecule is O=C(COC(=O)C1=Cc2ccccc2OC1)Nc1ccccc1N1CCCC1=O. The van der Waals surface area contributed by atoms with E-state index in [2.05, 4.69) is 5.32 Å². The first-order chi connectivity index (χ1) is 14.1. The molecule has 2 heterocycles. The van der Waals surface area contributed by atoms with Gasteiger partial charge in [0.15, 0.2) is 6.61 Å². The standard InChI is InChI=1S/C22H20N2O5/c25-20(23-17-7-2-3-8-18(17)24-11-5-10-21(24)26)14-29-22(27)16-12-15-6-1-4-9-19(15)28-13-16/h1-4,6-9,12H,5,10-11,13-14H2,(H,23,25). The van der Waals surface area contributed by atoms with E-state index in [0.717, 1.165) is 12.0 Å². The quantitative estimate of drug-likeness (QED) is 0.791. The van der Waals surface area contributed by atoms with Crippen molar-refractivity contribution in [2.75, 3.05) is 30.0 Å². The Labute approximate surface area is 167 Å². The van der Waals surface area contributed by atoms with Crippen LogP contribution in [0.1, 0.15) is 18.4 Å². The summed E-state index contributed by atoms with van der Waals surface area (Å²) >= 11 is 0. The van der Waals surface area contributed by atoms with E-state index >= 15 is 0 Å². The van der Waals surface area contributed by atoms with Crippen molar-refractivity contribution in [1.82, 2.24) is 0 Å². The zero-order chi connectivity index (χ0) is 20.2. The molecule has 29 heavy (non-hydrogen) atoms.